The average molecular weight is 362 g/mol. The van der Waals surface area contributed by atoms with Crippen LogP contribution < -0.4 is 10.6 Å². The van der Waals surface area contributed by atoms with E-state index < -0.39 is 10.0 Å². The molecule has 4 rings (SSSR count). The Kier molecular flexibility index (Phi) is 4.24. The van der Waals surface area contributed by atoms with E-state index >= 15 is 0 Å². The predicted octanol–water partition coefficient (Wildman–Crippen LogP) is 0.468. The smallest absolute Gasteiger partial charge is 0.285 e. The number of nitrogens with zero attached hydrogens (tertiary/aromatic N) is 2. The summed E-state index contributed by atoms with van der Waals surface area (Å²) in [4.78, 5) is 14.7. The molecule has 3 heterocycles. The molecule has 1 aromatic carbocycles. The lowest BCUT2D eigenvalue weighted by Crippen LogP contribution is -2.48. The predicted molar refractivity (Wildman–Crippen MR) is 93.9 cm³/mol. The van der Waals surface area contributed by atoms with E-state index in [1.165, 1.54) is 0 Å². The molecule has 25 heavy (non-hydrogen) atoms. The molecule has 0 spiro atoms. The molecule has 0 aliphatic carbocycles. The summed E-state index contributed by atoms with van der Waals surface area (Å²) in [5.74, 6) is 0.364. The van der Waals surface area contributed by atoms with Crippen molar-refractivity contribution in [1.29, 1.82) is 0 Å². The minimum atomic E-state index is -3.66. The van der Waals surface area contributed by atoms with Crippen LogP contribution in [0, 0.1) is 0 Å². The third kappa shape index (κ3) is 3.04. The highest BCUT2D eigenvalue weighted by atomic mass is 32.2. The van der Waals surface area contributed by atoms with Crippen molar-refractivity contribution in [2.45, 2.75) is 42.7 Å². The fraction of sp³-hybridized carbons (Fsp3) is 0.529. The Hall–Kier alpha value is -1.93. The van der Waals surface area contributed by atoms with Gasteiger partial charge in [0.05, 0.1) is 0 Å². The number of fused-ring (bicyclic) bond motifs is 1. The minimum Gasteiger partial charge on any atom is -0.353 e. The van der Waals surface area contributed by atoms with Gasteiger partial charge in [-0.05, 0) is 44.4 Å². The number of carbonyl (C=O) groups excluding carboxylic acids is 1. The molecule has 2 atom stereocenters. The van der Waals surface area contributed by atoms with Crippen molar-refractivity contribution >= 4 is 21.8 Å². The van der Waals surface area contributed by atoms with Gasteiger partial charge in [0, 0.05) is 24.7 Å². The van der Waals surface area contributed by atoms with Gasteiger partial charge < -0.3 is 15.5 Å². The first-order chi connectivity index (χ1) is 12.1. The first-order valence-corrected chi connectivity index (χ1v) is 10.2. The molecule has 134 valence electrons. The summed E-state index contributed by atoms with van der Waals surface area (Å²) in [7, 11) is -3.66. The third-order valence-corrected chi connectivity index (χ3v) is 6.45. The maximum Gasteiger partial charge on any atom is 0.285 e. The Morgan fingerprint density at radius 1 is 1.28 bits per heavy atom. The van der Waals surface area contributed by atoms with Crippen molar-refractivity contribution in [3.63, 3.8) is 0 Å². The molecule has 0 bridgehead atoms. The molecule has 7 nitrogen and oxygen atoms in total. The van der Waals surface area contributed by atoms with Crippen LogP contribution in [-0.2, 0) is 14.8 Å². The number of hydrogen-bond donors (Lipinski definition) is 2. The number of benzene rings is 1. The zero-order valence-corrected chi connectivity index (χ0v) is 14.8. The largest absolute Gasteiger partial charge is 0.353 e. The van der Waals surface area contributed by atoms with Gasteiger partial charge in [-0.3, -0.25) is 4.79 Å². The summed E-state index contributed by atoms with van der Waals surface area (Å²) < 4.78 is 28.5. The Balaban J connectivity index is 1.53. The van der Waals surface area contributed by atoms with Gasteiger partial charge in [0.25, 0.3) is 10.0 Å². The van der Waals surface area contributed by atoms with Crippen molar-refractivity contribution in [3.05, 3.63) is 29.8 Å². The fourth-order valence-electron chi connectivity index (χ4n) is 3.86. The molecular formula is C17H22N4O3S. The van der Waals surface area contributed by atoms with Crippen molar-refractivity contribution in [1.82, 2.24) is 15.5 Å². The number of rotatable bonds is 3. The molecule has 0 radical (unpaired) electrons. The number of nitrogens with one attached hydrogen (secondary N) is 2. The molecule has 3 aliphatic rings. The van der Waals surface area contributed by atoms with Crippen molar-refractivity contribution < 1.29 is 13.2 Å². The van der Waals surface area contributed by atoms with Crippen molar-refractivity contribution in [3.8, 4) is 0 Å². The molecule has 2 N–H and O–H groups in total. The van der Waals surface area contributed by atoms with Crippen LogP contribution in [0.2, 0.25) is 0 Å². The fourth-order valence-corrected chi connectivity index (χ4v) is 5.08. The van der Waals surface area contributed by atoms with Crippen LogP contribution in [0.1, 0.15) is 31.2 Å². The highest BCUT2D eigenvalue weighted by Crippen LogP contribution is 2.31. The van der Waals surface area contributed by atoms with Gasteiger partial charge in [-0.1, -0.05) is 12.1 Å². The first-order valence-electron chi connectivity index (χ1n) is 8.78. The quantitative estimate of drug-likeness (QED) is 0.816. The number of hydrogen-bond acceptors (Lipinski definition) is 5. The molecule has 2 fully saturated rings. The van der Waals surface area contributed by atoms with Crippen LogP contribution in [0.15, 0.2) is 33.6 Å². The van der Waals surface area contributed by atoms with E-state index in [0.29, 0.717) is 37.0 Å². The summed E-state index contributed by atoms with van der Waals surface area (Å²) >= 11 is 0. The second kappa shape index (κ2) is 6.42. The summed E-state index contributed by atoms with van der Waals surface area (Å²) in [5.41, 5.74) is 0.597. The lowest BCUT2D eigenvalue weighted by molar-refractivity contribution is -0.124. The van der Waals surface area contributed by atoms with E-state index in [1.54, 1.807) is 24.3 Å². The van der Waals surface area contributed by atoms with Crippen LogP contribution in [0.3, 0.4) is 0 Å². The van der Waals surface area contributed by atoms with E-state index in [1.807, 2.05) is 4.90 Å². The summed E-state index contributed by atoms with van der Waals surface area (Å²) in [6, 6.07) is 6.79. The number of amides is 1. The highest BCUT2D eigenvalue weighted by molar-refractivity contribution is 7.90. The molecular weight excluding hydrogens is 340 g/mol. The lowest BCUT2D eigenvalue weighted by Gasteiger charge is -2.26. The second-order valence-electron chi connectivity index (χ2n) is 6.78. The van der Waals surface area contributed by atoms with Crippen molar-refractivity contribution in [2.24, 2.45) is 4.40 Å². The molecule has 1 aromatic rings. The van der Waals surface area contributed by atoms with Gasteiger partial charge in [-0.15, -0.1) is 4.40 Å². The molecule has 1 amide bonds. The normalized spacial score (nSPS) is 27.2. The van der Waals surface area contributed by atoms with Crippen LogP contribution in [-0.4, -0.2) is 56.8 Å². The zero-order chi connectivity index (χ0) is 17.4. The van der Waals surface area contributed by atoms with Gasteiger partial charge in [0.2, 0.25) is 5.91 Å². The maximum absolute atomic E-state index is 12.7. The van der Waals surface area contributed by atoms with E-state index in [2.05, 4.69) is 15.0 Å². The standard InChI is InChI=1S/C17H22N4O3S/c22-17(19-11-12-5-3-9-18-12)14-7-4-10-21(14)16-13-6-1-2-8-15(13)25(23,24)20-16/h1-2,6,8,12,14,18H,3-5,7,9-11H2,(H,19,22). The van der Waals surface area contributed by atoms with E-state index in [0.717, 1.165) is 25.8 Å². The molecule has 8 heteroatoms. The first kappa shape index (κ1) is 16.5. The summed E-state index contributed by atoms with van der Waals surface area (Å²) in [6.07, 6.45) is 3.78. The molecule has 2 unspecified atom stereocenters. The van der Waals surface area contributed by atoms with Crippen molar-refractivity contribution in [2.75, 3.05) is 19.6 Å². The van der Waals surface area contributed by atoms with Gasteiger partial charge in [0.15, 0.2) is 5.84 Å². The van der Waals surface area contributed by atoms with Gasteiger partial charge in [-0.25, -0.2) is 0 Å². The van der Waals surface area contributed by atoms with Gasteiger partial charge >= 0.3 is 0 Å². The Morgan fingerprint density at radius 2 is 2.12 bits per heavy atom. The summed E-state index contributed by atoms with van der Waals surface area (Å²) in [6.45, 7) is 2.26. The minimum absolute atomic E-state index is 0.0457. The number of amidine groups is 1. The number of carbonyl (C=O) groups is 1. The number of likely N-dealkylation sites (tertiary alicyclic amines) is 1. The zero-order valence-electron chi connectivity index (χ0n) is 13.9. The van der Waals surface area contributed by atoms with Crippen LogP contribution in [0.25, 0.3) is 0 Å². The highest BCUT2D eigenvalue weighted by Gasteiger charge is 2.39. The Morgan fingerprint density at radius 3 is 2.92 bits per heavy atom. The SMILES string of the molecule is O=C(NCC1CCCN1)C1CCCN1C1=NS(=O)(=O)c2ccccc21. The Labute approximate surface area is 147 Å². The van der Waals surface area contributed by atoms with Crippen LogP contribution in [0.4, 0.5) is 0 Å². The molecule has 3 aliphatic heterocycles. The van der Waals surface area contributed by atoms with Crippen LogP contribution in [0.5, 0.6) is 0 Å². The second-order valence-corrected chi connectivity index (χ2v) is 8.35. The Bertz CT molecular complexity index is 815. The molecule has 0 saturated carbocycles. The van der Waals surface area contributed by atoms with E-state index in [9.17, 15) is 13.2 Å². The van der Waals surface area contributed by atoms with Crippen LogP contribution >= 0.6 is 0 Å². The molecule has 2 saturated heterocycles. The third-order valence-electron chi connectivity index (χ3n) is 5.13. The average Bonchev–Trinajstić information content (AvgIpc) is 3.32. The molecule has 0 aromatic heterocycles. The number of sulfonamides is 1. The van der Waals surface area contributed by atoms with Gasteiger partial charge in [0.1, 0.15) is 10.9 Å². The summed E-state index contributed by atoms with van der Waals surface area (Å²) in [5, 5.41) is 6.38. The van der Waals surface area contributed by atoms with Gasteiger partial charge in [-0.2, -0.15) is 8.42 Å². The van der Waals surface area contributed by atoms with E-state index in [-0.39, 0.29) is 16.8 Å². The van der Waals surface area contributed by atoms with E-state index in [4.69, 9.17) is 0 Å². The topological polar surface area (TPSA) is 90.9 Å². The monoisotopic (exact) mass is 362 g/mol. The maximum atomic E-state index is 12.7. The lowest BCUT2D eigenvalue weighted by atomic mass is 10.1.